The second kappa shape index (κ2) is 4.82. The van der Waals surface area contributed by atoms with Crippen molar-refractivity contribution in [2.24, 2.45) is 0 Å². The lowest BCUT2D eigenvalue weighted by Crippen LogP contribution is -2.24. The van der Waals surface area contributed by atoms with Crippen molar-refractivity contribution in [3.8, 4) is 0 Å². The van der Waals surface area contributed by atoms with Crippen LogP contribution in [-0.2, 0) is 6.54 Å². The van der Waals surface area contributed by atoms with E-state index in [0.29, 0.717) is 5.76 Å². The van der Waals surface area contributed by atoms with Crippen LogP contribution in [0.2, 0.25) is 0 Å². The van der Waals surface area contributed by atoms with Gasteiger partial charge in [0.15, 0.2) is 17.4 Å². The molecule has 1 amide bonds. The Hall–Kier alpha value is -2.44. The van der Waals surface area contributed by atoms with Crippen molar-refractivity contribution in [1.82, 2.24) is 10.5 Å². The first kappa shape index (κ1) is 12.0. The molecule has 3 N–H and O–H groups in total. The molecule has 0 atom stereocenters. The van der Waals surface area contributed by atoms with Crippen LogP contribution in [0.1, 0.15) is 16.1 Å². The summed E-state index contributed by atoms with van der Waals surface area (Å²) in [5, 5.41) is 5.90. The average molecular weight is 253 g/mol. The molecule has 18 heavy (non-hydrogen) atoms. The molecule has 1 aromatic carbocycles. The SMILES string of the molecule is Nc1cc(F)c(F)cc1C(=O)NCc1ccno1. The summed E-state index contributed by atoms with van der Waals surface area (Å²) >= 11 is 0. The number of amides is 1. The van der Waals surface area contributed by atoms with Crippen LogP contribution in [0.3, 0.4) is 0 Å². The molecule has 1 aromatic heterocycles. The number of carbonyl (C=O) groups excluding carboxylic acids is 1. The van der Waals surface area contributed by atoms with Crippen LogP contribution in [0.5, 0.6) is 0 Å². The molecule has 0 aliphatic heterocycles. The van der Waals surface area contributed by atoms with Crippen molar-refractivity contribution in [3.63, 3.8) is 0 Å². The standard InChI is InChI=1S/C11H9F2N3O2/c12-8-3-7(10(14)4-9(8)13)11(17)15-5-6-1-2-16-18-6/h1-4H,5,14H2,(H,15,17). The highest BCUT2D eigenvalue weighted by Crippen LogP contribution is 2.17. The molecule has 94 valence electrons. The normalized spacial score (nSPS) is 10.3. The number of nitrogens with zero attached hydrogens (tertiary/aromatic N) is 1. The Morgan fingerprint density at radius 3 is 2.78 bits per heavy atom. The highest BCUT2D eigenvalue weighted by atomic mass is 19.2. The smallest absolute Gasteiger partial charge is 0.253 e. The fraction of sp³-hybridized carbons (Fsp3) is 0.0909. The van der Waals surface area contributed by atoms with Crippen molar-refractivity contribution in [2.75, 3.05) is 5.73 Å². The number of rotatable bonds is 3. The molecular weight excluding hydrogens is 244 g/mol. The topological polar surface area (TPSA) is 81.2 Å². The maximum atomic E-state index is 13.0. The molecule has 1 heterocycles. The van der Waals surface area contributed by atoms with E-state index in [1.807, 2.05) is 0 Å². The Morgan fingerprint density at radius 1 is 1.39 bits per heavy atom. The number of nitrogen functional groups attached to an aromatic ring is 1. The highest BCUT2D eigenvalue weighted by molar-refractivity contribution is 5.99. The molecule has 0 aliphatic rings. The summed E-state index contributed by atoms with van der Waals surface area (Å²) < 4.78 is 30.6. The predicted octanol–water partition coefficient (Wildman–Crippen LogP) is 1.47. The van der Waals surface area contributed by atoms with Gasteiger partial charge in [-0.15, -0.1) is 0 Å². The fourth-order valence-corrected chi connectivity index (χ4v) is 1.35. The van der Waals surface area contributed by atoms with Gasteiger partial charge in [0.05, 0.1) is 18.3 Å². The van der Waals surface area contributed by atoms with Crippen molar-refractivity contribution in [3.05, 3.63) is 47.4 Å². The molecule has 2 rings (SSSR count). The van der Waals surface area contributed by atoms with Crippen molar-refractivity contribution in [2.45, 2.75) is 6.54 Å². The van der Waals surface area contributed by atoms with Crippen LogP contribution in [0.4, 0.5) is 14.5 Å². The molecule has 2 aromatic rings. The lowest BCUT2D eigenvalue weighted by atomic mass is 10.1. The summed E-state index contributed by atoms with van der Waals surface area (Å²) in [5.74, 6) is -2.42. The Labute approximate surface area is 101 Å². The molecule has 0 saturated carbocycles. The number of nitrogens with one attached hydrogen (secondary N) is 1. The van der Waals surface area contributed by atoms with E-state index in [0.717, 1.165) is 12.1 Å². The molecule has 0 saturated heterocycles. The monoisotopic (exact) mass is 253 g/mol. The van der Waals surface area contributed by atoms with Gasteiger partial charge in [-0.3, -0.25) is 4.79 Å². The van der Waals surface area contributed by atoms with Crippen LogP contribution in [0, 0.1) is 11.6 Å². The number of nitrogens with two attached hydrogens (primary N) is 1. The zero-order chi connectivity index (χ0) is 13.1. The molecule has 5 nitrogen and oxygen atoms in total. The number of aromatic nitrogens is 1. The molecule has 0 spiro atoms. The predicted molar refractivity (Wildman–Crippen MR) is 58.4 cm³/mol. The first-order valence-corrected chi connectivity index (χ1v) is 5.00. The van der Waals surface area contributed by atoms with Gasteiger partial charge in [0.1, 0.15) is 0 Å². The van der Waals surface area contributed by atoms with Crippen LogP contribution >= 0.6 is 0 Å². The van der Waals surface area contributed by atoms with Gasteiger partial charge in [0, 0.05) is 17.8 Å². The van der Waals surface area contributed by atoms with Gasteiger partial charge in [0.25, 0.3) is 5.91 Å². The van der Waals surface area contributed by atoms with E-state index >= 15 is 0 Å². The minimum Gasteiger partial charge on any atom is -0.398 e. The first-order valence-electron chi connectivity index (χ1n) is 5.00. The van der Waals surface area contributed by atoms with E-state index in [2.05, 4.69) is 10.5 Å². The third kappa shape index (κ3) is 2.45. The number of carbonyl (C=O) groups is 1. The zero-order valence-electron chi connectivity index (χ0n) is 9.11. The highest BCUT2D eigenvalue weighted by Gasteiger charge is 2.14. The third-order valence-electron chi connectivity index (χ3n) is 2.25. The number of hydrogen-bond donors (Lipinski definition) is 2. The van der Waals surface area contributed by atoms with Crippen LogP contribution in [0.15, 0.2) is 28.9 Å². The Kier molecular flexibility index (Phi) is 3.22. The summed E-state index contributed by atoms with van der Waals surface area (Å²) in [6, 6.07) is 3.08. The van der Waals surface area contributed by atoms with Crippen LogP contribution < -0.4 is 11.1 Å². The van der Waals surface area contributed by atoms with Gasteiger partial charge in [-0.2, -0.15) is 0 Å². The van der Waals surface area contributed by atoms with Crippen LogP contribution in [-0.4, -0.2) is 11.1 Å². The quantitative estimate of drug-likeness (QED) is 0.811. The number of hydrogen-bond acceptors (Lipinski definition) is 4. The number of anilines is 1. The van der Waals surface area contributed by atoms with Gasteiger partial charge >= 0.3 is 0 Å². The first-order chi connectivity index (χ1) is 8.58. The molecular formula is C11H9F2N3O2. The number of benzene rings is 1. The van der Waals surface area contributed by atoms with Gasteiger partial charge in [-0.25, -0.2) is 8.78 Å². The second-order valence-electron chi connectivity index (χ2n) is 3.51. The number of halogens is 2. The Balaban J connectivity index is 2.11. The summed E-state index contributed by atoms with van der Waals surface area (Å²) in [6.07, 6.45) is 1.42. The average Bonchev–Trinajstić information content (AvgIpc) is 2.84. The van der Waals surface area contributed by atoms with E-state index in [9.17, 15) is 13.6 Å². The lowest BCUT2D eigenvalue weighted by molar-refractivity contribution is 0.0947. The largest absolute Gasteiger partial charge is 0.398 e. The van der Waals surface area contributed by atoms with Crippen LogP contribution in [0.25, 0.3) is 0 Å². The Morgan fingerprint density at radius 2 is 2.11 bits per heavy atom. The summed E-state index contributed by atoms with van der Waals surface area (Å²) in [7, 11) is 0. The molecule has 0 unspecified atom stereocenters. The van der Waals surface area contributed by atoms with E-state index in [1.165, 1.54) is 6.20 Å². The van der Waals surface area contributed by atoms with Crippen molar-refractivity contribution in [1.29, 1.82) is 0 Å². The summed E-state index contributed by atoms with van der Waals surface area (Å²) in [6.45, 7) is 0.0806. The molecule has 0 bridgehead atoms. The van der Waals surface area contributed by atoms with Crippen molar-refractivity contribution < 1.29 is 18.1 Å². The maximum absolute atomic E-state index is 13.0. The van der Waals surface area contributed by atoms with Gasteiger partial charge in [-0.1, -0.05) is 5.16 Å². The van der Waals surface area contributed by atoms with Gasteiger partial charge in [-0.05, 0) is 6.07 Å². The summed E-state index contributed by atoms with van der Waals surface area (Å²) in [4.78, 5) is 11.7. The van der Waals surface area contributed by atoms with E-state index in [4.69, 9.17) is 10.3 Å². The molecule has 7 heteroatoms. The lowest BCUT2D eigenvalue weighted by Gasteiger charge is -2.06. The molecule has 0 aliphatic carbocycles. The van der Waals surface area contributed by atoms with E-state index < -0.39 is 17.5 Å². The minimum absolute atomic E-state index is 0.0806. The Bertz CT molecular complexity index is 570. The fourth-order valence-electron chi connectivity index (χ4n) is 1.35. The molecule has 0 fully saturated rings. The van der Waals surface area contributed by atoms with E-state index in [1.54, 1.807) is 6.07 Å². The minimum atomic E-state index is -1.13. The second-order valence-corrected chi connectivity index (χ2v) is 3.51. The van der Waals surface area contributed by atoms with E-state index in [-0.39, 0.29) is 17.8 Å². The van der Waals surface area contributed by atoms with Crippen molar-refractivity contribution >= 4 is 11.6 Å². The third-order valence-corrected chi connectivity index (χ3v) is 2.25. The zero-order valence-corrected chi connectivity index (χ0v) is 9.11. The van der Waals surface area contributed by atoms with Gasteiger partial charge < -0.3 is 15.6 Å². The maximum Gasteiger partial charge on any atom is 0.253 e. The summed E-state index contributed by atoms with van der Waals surface area (Å²) in [5.41, 5.74) is 5.17. The van der Waals surface area contributed by atoms with Gasteiger partial charge in [0.2, 0.25) is 0 Å². The molecule has 0 radical (unpaired) electrons.